The molecule has 2 heterocycles. The zero-order valence-corrected chi connectivity index (χ0v) is 20.2. The summed E-state index contributed by atoms with van der Waals surface area (Å²) in [7, 11) is -1.27. The molecule has 2 fully saturated rings. The minimum atomic E-state index is -3.47. The standard InChI is InChI=1S/C21H34ClN3O3S2/c1-24(18-6-3-2-4-7-18)13-5-12-23-20(26)16-17-10-14-25(15-11-17)30(27,28)21-9-8-19(22)29-21/h8-9,17-18H,2-7,10-16H2,1H3,(H,23,26). The summed E-state index contributed by atoms with van der Waals surface area (Å²) in [6.45, 7) is 2.65. The van der Waals surface area contributed by atoms with E-state index in [0.717, 1.165) is 37.1 Å². The number of hydrogen-bond donors (Lipinski definition) is 1. The van der Waals surface area contributed by atoms with Crippen LogP contribution in [0.5, 0.6) is 0 Å². The zero-order chi connectivity index (χ0) is 21.6. The Morgan fingerprint density at radius 3 is 2.53 bits per heavy atom. The summed E-state index contributed by atoms with van der Waals surface area (Å²) in [6.07, 6.45) is 9.55. The van der Waals surface area contributed by atoms with E-state index >= 15 is 0 Å². The van der Waals surface area contributed by atoms with E-state index in [1.165, 1.54) is 36.4 Å². The number of amides is 1. The highest BCUT2D eigenvalue weighted by Crippen LogP contribution is 2.31. The van der Waals surface area contributed by atoms with Crippen molar-refractivity contribution in [1.82, 2.24) is 14.5 Å². The number of nitrogens with one attached hydrogen (secondary N) is 1. The van der Waals surface area contributed by atoms with Crippen LogP contribution in [0.3, 0.4) is 0 Å². The van der Waals surface area contributed by atoms with Gasteiger partial charge in [-0.25, -0.2) is 8.42 Å². The number of carbonyl (C=O) groups excluding carboxylic acids is 1. The topological polar surface area (TPSA) is 69.7 Å². The molecule has 1 aliphatic heterocycles. The monoisotopic (exact) mass is 475 g/mol. The summed E-state index contributed by atoms with van der Waals surface area (Å²) in [5.41, 5.74) is 0. The predicted molar refractivity (Wildman–Crippen MR) is 123 cm³/mol. The van der Waals surface area contributed by atoms with Gasteiger partial charge in [-0.15, -0.1) is 11.3 Å². The molecule has 1 amide bonds. The van der Waals surface area contributed by atoms with Crippen molar-refractivity contribution in [3.05, 3.63) is 16.5 Å². The third-order valence-corrected chi connectivity index (χ3v) is 10.00. The van der Waals surface area contributed by atoms with E-state index in [1.807, 2.05) is 0 Å². The maximum atomic E-state index is 12.7. The second-order valence-corrected chi connectivity index (χ2v) is 12.5. The molecule has 0 aromatic carbocycles. The first kappa shape index (κ1) is 24.0. The van der Waals surface area contributed by atoms with Crippen LogP contribution in [0, 0.1) is 5.92 Å². The number of thiophene rings is 1. The fraction of sp³-hybridized carbons (Fsp3) is 0.762. The van der Waals surface area contributed by atoms with Crippen molar-refractivity contribution in [3.63, 3.8) is 0 Å². The molecule has 0 bridgehead atoms. The van der Waals surface area contributed by atoms with E-state index < -0.39 is 10.0 Å². The third kappa shape index (κ3) is 6.66. The quantitative estimate of drug-likeness (QED) is 0.549. The number of halogens is 1. The van der Waals surface area contributed by atoms with Gasteiger partial charge >= 0.3 is 0 Å². The van der Waals surface area contributed by atoms with Gasteiger partial charge in [-0.1, -0.05) is 30.9 Å². The third-order valence-electron chi connectivity index (χ3n) is 6.40. The zero-order valence-electron chi connectivity index (χ0n) is 17.8. The van der Waals surface area contributed by atoms with E-state index in [9.17, 15) is 13.2 Å². The van der Waals surface area contributed by atoms with E-state index in [-0.39, 0.29) is 11.8 Å². The Morgan fingerprint density at radius 1 is 1.20 bits per heavy atom. The summed E-state index contributed by atoms with van der Waals surface area (Å²) >= 11 is 6.97. The van der Waals surface area contributed by atoms with Crippen molar-refractivity contribution in [3.8, 4) is 0 Å². The summed E-state index contributed by atoms with van der Waals surface area (Å²) in [4.78, 5) is 14.7. The number of piperidine rings is 1. The van der Waals surface area contributed by atoms with Gasteiger partial charge in [0.1, 0.15) is 4.21 Å². The average molecular weight is 476 g/mol. The summed E-state index contributed by atoms with van der Waals surface area (Å²) < 4.78 is 27.6. The number of hydrogen-bond acceptors (Lipinski definition) is 5. The molecule has 1 aromatic rings. The van der Waals surface area contributed by atoms with Gasteiger partial charge in [0.15, 0.2) is 0 Å². The van der Waals surface area contributed by atoms with Crippen molar-refractivity contribution >= 4 is 38.9 Å². The van der Waals surface area contributed by atoms with E-state index in [2.05, 4.69) is 17.3 Å². The molecule has 3 rings (SSSR count). The molecule has 9 heteroatoms. The molecule has 1 saturated carbocycles. The Labute approximate surface area is 190 Å². The maximum Gasteiger partial charge on any atom is 0.252 e. The largest absolute Gasteiger partial charge is 0.356 e. The first-order chi connectivity index (χ1) is 14.4. The Bertz CT molecular complexity index is 785. The van der Waals surface area contributed by atoms with Gasteiger partial charge < -0.3 is 10.2 Å². The lowest BCUT2D eigenvalue weighted by Gasteiger charge is -2.31. The molecule has 0 atom stereocenters. The molecule has 170 valence electrons. The van der Waals surface area contributed by atoms with E-state index in [4.69, 9.17) is 11.6 Å². The van der Waals surface area contributed by atoms with Gasteiger partial charge in [-0.2, -0.15) is 4.31 Å². The summed E-state index contributed by atoms with van der Waals surface area (Å²) in [5.74, 6) is 0.329. The van der Waals surface area contributed by atoms with Gasteiger partial charge in [0, 0.05) is 32.1 Å². The smallest absolute Gasteiger partial charge is 0.252 e. The number of rotatable bonds is 9. The predicted octanol–water partition coefficient (Wildman–Crippen LogP) is 3.96. The normalized spacial score (nSPS) is 20.0. The van der Waals surface area contributed by atoms with Gasteiger partial charge in [0.05, 0.1) is 4.34 Å². The van der Waals surface area contributed by atoms with Crippen molar-refractivity contribution < 1.29 is 13.2 Å². The Hall–Kier alpha value is -0.670. The minimum Gasteiger partial charge on any atom is -0.356 e. The van der Waals surface area contributed by atoms with Gasteiger partial charge in [0.2, 0.25) is 5.91 Å². The van der Waals surface area contributed by atoms with Crippen molar-refractivity contribution in [1.29, 1.82) is 0 Å². The van der Waals surface area contributed by atoms with Crippen LogP contribution in [0.15, 0.2) is 16.3 Å². The highest BCUT2D eigenvalue weighted by Gasteiger charge is 2.31. The molecule has 0 spiro atoms. The van der Waals surface area contributed by atoms with Crippen LogP contribution >= 0.6 is 22.9 Å². The lowest BCUT2D eigenvalue weighted by molar-refractivity contribution is -0.122. The molecule has 1 saturated heterocycles. The number of nitrogens with zero attached hydrogens (tertiary/aromatic N) is 2. The molecule has 1 aromatic heterocycles. The molecule has 1 N–H and O–H groups in total. The average Bonchev–Trinajstić information content (AvgIpc) is 3.19. The molecule has 2 aliphatic rings. The van der Waals surface area contributed by atoms with E-state index in [0.29, 0.717) is 40.6 Å². The Kier molecular flexibility index (Phi) is 9.01. The van der Waals surface area contributed by atoms with Crippen molar-refractivity contribution in [2.75, 3.05) is 33.2 Å². The van der Waals surface area contributed by atoms with Crippen LogP contribution in [0.4, 0.5) is 0 Å². The Morgan fingerprint density at radius 2 is 1.90 bits per heavy atom. The van der Waals surface area contributed by atoms with Crippen LogP contribution in [0.25, 0.3) is 0 Å². The highest BCUT2D eigenvalue weighted by atomic mass is 35.5. The first-order valence-electron chi connectivity index (χ1n) is 11.1. The second kappa shape index (κ2) is 11.3. The molecular weight excluding hydrogens is 442 g/mol. The molecule has 0 unspecified atom stereocenters. The summed E-state index contributed by atoms with van der Waals surface area (Å²) in [6, 6.07) is 3.89. The SMILES string of the molecule is CN(CCCNC(=O)CC1CCN(S(=O)(=O)c2ccc(Cl)s2)CC1)C1CCCCC1. The minimum absolute atomic E-state index is 0.0849. The van der Waals surface area contributed by atoms with Gasteiger partial charge in [-0.3, -0.25) is 4.79 Å². The number of carbonyl (C=O) groups is 1. The molecule has 6 nitrogen and oxygen atoms in total. The van der Waals surface area contributed by atoms with Crippen LogP contribution in [0.1, 0.15) is 57.8 Å². The lowest BCUT2D eigenvalue weighted by atomic mass is 9.94. The molecule has 1 aliphatic carbocycles. The number of sulfonamides is 1. The van der Waals surface area contributed by atoms with Crippen molar-refractivity contribution in [2.24, 2.45) is 5.92 Å². The van der Waals surface area contributed by atoms with Gasteiger partial charge in [-0.05, 0) is 63.7 Å². The molecular formula is C21H34ClN3O3S2. The van der Waals surface area contributed by atoms with Gasteiger partial charge in [0.25, 0.3) is 10.0 Å². The molecule has 30 heavy (non-hydrogen) atoms. The molecule has 0 radical (unpaired) electrons. The van der Waals surface area contributed by atoms with E-state index in [1.54, 1.807) is 12.1 Å². The van der Waals surface area contributed by atoms with Crippen molar-refractivity contribution in [2.45, 2.75) is 68.0 Å². The van der Waals surface area contributed by atoms with Crippen LogP contribution in [-0.4, -0.2) is 62.8 Å². The second-order valence-electron chi connectivity index (χ2n) is 8.59. The highest BCUT2D eigenvalue weighted by molar-refractivity contribution is 7.91. The maximum absolute atomic E-state index is 12.7. The van der Waals surface area contributed by atoms with Crippen LogP contribution in [-0.2, 0) is 14.8 Å². The fourth-order valence-corrected chi connectivity index (χ4v) is 7.62. The van der Waals surface area contributed by atoms with Crippen LogP contribution in [0.2, 0.25) is 4.34 Å². The summed E-state index contributed by atoms with van der Waals surface area (Å²) in [5, 5.41) is 3.05. The lowest BCUT2D eigenvalue weighted by Crippen LogP contribution is -2.39. The fourth-order valence-electron chi connectivity index (χ4n) is 4.51. The van der Waals surface area contributed by atoms with Crippen LogP contribution < -0.4 is 5.32 Å². The first-order valence-corrected chi connectivity index (χ1v) is 13.7. The Balaban J connectivity index is 1.32.